The zero-order valence-corrected chi connectivity index (χ0v) is 35.5. The summed E-state index contributed by atoms with van der Waals surface area (Å²) >= 11 is 0. The minimum absolute atomic E-state index is 0.0260. The molecule has 1 aliphatic heterocycles. The lowest BCUT2D eigenvalue weighted by atomic mass is 9.67. The Hall–Kier alpha value is -8.00. The molecule has 10 aromatic rings. The largest absolute Gasteiger partial charge is 0.484 e. The fourth-order valence-corrected chi connectivity index (χ4v) is 12.2. The zero-order valence-electron chi connectivity index (χ0n) is 35.5. The summed E-state index contributed by atoms with van der Waals surface area (Å²) in [5.74, 6) is 1.57. The van der Waals surface area contributed by atoms with Gasteiger partial charge in [-0.05, 0) is 140 Å². The summed E-state index contributed by atoms with van der Waals surface area (Å²) in [5.41, 5.74) is 16.5. The van der Waals surface area contributed by atoms with E-state index in [1.165, 1.54) is 121 Å². The van der Waals surface area contributed by atoms with Crippen molar-refractivity contribution in [1.82, 2.24) is 0 Å². The van der Waals surface area contributed by atoms with Gasteiger partial charge in [0.05, 0.1) is 0 Å². The van der Waals surface area contributed by atoms with Crippen LogP contribution in [0, 0.1) is 5.92 Å². The summed E-state index contributed by atoms with van der Waals surface area (Å²) in [6, 6.07) is 63.4. The number of allylic oxidation sites excluding steroid dienone is 8. The molecule has 0 bridgehead atoms. The lowest BCUT2D eigenvalue weighted by molar-refractivity contribution is 0.279. The van der Waals surface area contributed by atoms with Gasteiger partial charge in [0.25, 0.3) is 0 Å². The fraction of sp³-hybridized carbons (Fsp3) is 0.0625. The van der Waals surface area contributed by atoms with Gasteiger partial charge >= 0.3 is 0 Å². The van der Waals surface area contributed by atoms with Crippen molar-refractivity contribution in [3.8, 4) is 16.9 Å². The van der Waals surface area contributed by atoms with E-state index in [0.717, 1.165) is 11.3 Å². The molecule has 0 amide bonds. The van der Waals surface area contributed by atoms with Crippen molar-refractivity contribution in [3.63, 3.8) is 0 Å². The van der Waals surface area contributed by atoms with Crippen LogP contribution in [0.2, 0.25) is 0 Å². The number of fused-ring (bicyclic) bond motifs is 5. The Morgan fingerprint density at radius 2 is 1.09 bits per heavy atom. The van der Waals surface area contributed by atoms with Crippen LogP contribution in [0.15, 0.2) is 212 Å². The van der Waals surface area contributed by atoms with Crippen molar-refractivity contribution in [2.24, 2.45) is 5.92 Å². The first kappa shape index (κ1) is 35.5. The number of benzene rings is 10. The summed E-state index contributed by atoms with van der Waals surface area (Å²) < 4.78 is 7.52. The average molecular weight is 825 g/mol. The molecule has 0 spiro atoms. The van der Waals surface area contributed by atoms with Crippen molar-refractivity contribution in [2.75, 3.05) is 0 Å². The van der Waals surface area contributed by atoms with E-state index in [2.05, 4.69) is 218 Å². The van der Waals surface area contributed by atoms with Crippen LogP contribution in [-0.4, -0.2) is 6.10 Å². The van der Waals surface area contributed by atoms with Gasteiger partial charge < -0.3 is 4.74 Å². The van der Waals surface area contributed by atoms with Crippen LogP contribution in [0.3, 0.4) is 0 Å². The van der Waals surface area contributed by atoms with Gasteiger partial charge in [0.1, 0.15) is 11.9 Å². The van der Waals surface area contributed by atoms with E-state index >= 15 is 0 Å². The number of hydrogen-bond acceptors (Lipinski definition) is 1. The van der Waals surface area contributed by atoms with E-state index in [0.29, 0.717) is 5.92 Å². The van der Waals surface area contributed by atoms with Crippen LogP contribution in [0.1, 0.15) is 50.8 Å². The minimum Gasteiger partial charge on any atom is -0.484 e. The summed E-state index contributed by atoms with van der Waals surface area (Å²) in [6.45, 7) is 0. The number of rotatable bonds is 4. The standard InChI is InChI=1S/C64H40O/c1-3-9-45-31-47(21-15-37(45)7-1)55-33-49(51-27-23-43-19-17-39-11-5-13-41-25-29-53(51)61(43)59(39)41)35-57-58-36-50(34-56(64(58)65-63(55)57)48-22-16-38-8-2-4-10-46(38)32-48)52-28-24-44-20-18-40-12-6-14-42-26-30-54(52)62(44)60(40)42/h1-36,43,58,61,64H. The van der Waals surface area contributed by atoms with Crippen LogP contribution in [0.4, 0.5) is 0 Å². The smallest absolute Gasteiger partial charge is 0.135 e. The number of ether oxygens (including phenoxy) is 1. The third-order valence-electron chi connectivity index (χ3n) is 15.3. The third-order valence-corrected chi connectivity index (χ3v) is 15.3. The van der Waals surface area contributed by atoms with Crippen LogP contribution >= 0.6 is 0 Å². The van der Waals surface area contributed by atoms with Gasteiger partial charge in [0, 0.05) is 34.5 Å². The first-order valence-electron chi connectivity index (χ1n) is 23.0. The Balaban J connectivity index is 0.982. The van der Waals surface area contributed by atoms with Gasteiger partial charge in [0.2, 0.25) is 0 Å². The van der Waals surface area contributed by atoms with Gasteiger partial charge in [-0.25, -0.2) is 0 Å². The summed E-state index contributed by atoms with van der Waals surface area (Å²) in [7, 11) is 0. The molecule has 0 saturated carbocycles. The van der Waals surface area contributed by atoms with E-state index in [-0.39, 0.29) is 17.9 Å². The molecule has 5 aliphatic rings. The molecule has 302 valence electrons. The molecule has 1 nitrogen and oxygen atoms in total. The maximum atomic E-state index is 7.52. The first-order valence-corrected chi connectivity index (χ1v) is 23.0. The normalized spacial score (nSPS) is 20.1. The zero-order chi connectivity index (χ0) is 42.3. The quantitative estimate of drug-likeness (QED) is 0.161. The highest BCUT2D eigenvalue weighted by Gasteiger charge is 2.42. The molecule has 1 heteroatoms. The summed E-state index contributed by atoms with van der Waals surface area (Å²) in [6.07, 6.45) is 19.1. The Bertz CT molecular complexity index is 3920. The summed E-state index contributed by atoms with van der Waals surface area (Å²) in [5, 5.41) is 12.7. The maximum absolute atomic E-state index is 7.52. The molecule has 15 rings (SSSR count). The second-order valence-corrected chi connectivity index (χ2v) is 18.6. The van der Waals surface area contributed by atoms with Gasteiger partial charge in [-0.2, -0.15) is 0 Å². The predicted octanol–water partition coefficient (Wildman–Crippen LogP) is 16.4. The van der Waals surface area contributed by atoms with Gasteiger partial charge in [0.15, 0.2) is 0 Å². The monoisotopic (exact) mass is 824 g/mol. The molecule has 65 heavy (non-hydrogen) atoms. The Morgan fingerprint density at radius 3 is 1.91 bits per heavy atom. The third kappa shape index (κ3) is 5.15. The number of hydrogen-bond donors (Lipinski definition) is 0. The lowest BCUT2D eigenvalue weighted by Gasteiger charge is -2.37. The molecule has 4 unspecified atom stereocenters. The topological polar surface area (TPSA) is 9.23 Å². The minimum atomic E-state index is -0.208. The van der Waals surface area contributed by atoms with E-state index in [4.69, 9.17) is 4.74 Å². The molecule has 0 saturated heterocycles. The SMILES string of the molecule is C1=CC2C=Cc3cccc4c3C2C(=C1c1cc(-c2ccc3ccccc3c2)c2c(c1)C1C=C(c3ccc5ccc6cccc7ccc3c5c67)C=C(c3ccc5ccccc5c3)C1O2)C=C4. The highest BCUT2D eigenvalue weighted by Crippen LogP contribution is 2.56. The molecule has 10 aromatic carbocycles. The van der Waals surface area contributed by atoms with Crippen molar-refractivity contribution in [3.05, 3.63) is 251 Å². The van der Waals surface area contributed by atoms with Crippen molar-refractivity contribution in [2.45, 2.75) is 17.9 Å². The van der Waals surface area contributed by atoms with Crippen molar-refractivity contribution < 1.29 is 4.74 Å². The lowest BCUT2D eigenvalue weighted by Crippen LogP contribution is -2.22. The van der Waals surface area contributed by atoms with Crippen molar-refractivity contribution in [1.29, 1.82) is 0 Å². The molecule has 0 radical (unpaired) electrons. The molecule has 4 atom stereocenters. The molecular formula is C64H40O. The fourth-order valence-electron chi connectivity index (χ4n) is 12.2. The molecule has 1 heterocycles. The molecule has 4 aliphatic carbocycles. The predicted molar refractivity (Wildman–Crippen MR) is 273 cm³/mol. The second kappa shape index (κ2) is 13.3. The maximum Gasteiger partial charge on any atom is 0.135 e. The highest BCUT2D eigenvalue weighted by atomic mass is 16.5. The first-order chi connectivity index (χ1) is 32.2. The van der Waals surface area contributed by atoms with E-state index < -0.39 is 0 Å². The molecule has 0 aromatic heterocycles. The Morgan fingerprint density at radius 1 is 0.446 bits per heavy atom. The molecule has 0 fully saturated rings. The molecule has 0 N–H and O–H groups in total. The highest BCUT2D eigenvalue weighted by molar-refractivity contribution is 6.25. The van der Waals surface area contributed by atoms with Gasteiger partial charge in [-0.1, -0.05) is 188 Å². The Labute approximate surface area is 377 Å². The van der Waals surface area contributed by atoms with E-state index in [1.54, 1.807) is 0 Å². The van der Waals surface area contributed by atoms with Gasteiger partial charge in [-0.15, -0.1) is 0 Å². The molecular weight excluding hydrogens is 785 g/mol. The summed E-state index contributed by atoms with van der Waals surface area (Å²) in [4.78, 5) is 0. The van der Waals surface area contributed by atoms with Gasteiger partial charge in [-0.3, -0.25) is 0 Å². The van der Waals surface area contributed by atoms with Crippen LogP contribution < -0.4 is 4.74 Å². The Kier molecular flexibility index (Phi) is 7.24. The second-order valence-electron chi connectivity index (χ2n) is 18.6. The van der Waals surface area contributed by atoms with Crippen LogP contribution in [0.5, 0.6) is 5.75 Å². The van der Waals surface area contributed by atoms with Crippen LogP contribution in [0.25, 0.3) is 93.9 Å². The van der Waals surface area contributed by atoms with E-state index in [9.17, 15) is 0 Å². The van der Waals surface area contributed by atoms with Crippen molar-refractivity contribution >= 4 is 82.7 Å². The van der Waals surface area contributed by atoms with E-state index in [1.807, 2.05) is 0 Å². The average Bonchev–Trinajstić information content (AvgIpc) is 3.75. The van der Waals surface area contributed by atoms with Crippen LogP contribution in [-0.2, 0) is 0 Å².